The van der Waals surface area contributed by atoms with E-state index >= 15 is 0 Å². The van der Waals surface area contributed by atoms with Gasteiger partial charge in [-0.25, -0.2) is 0 Å². The van der Waals surface area contributed by atoms with Crippen LogP contribution in [0.25, 0.3) is 0 Å². The molecule has 1 fully saturated rings. The third-order valence-corrected chi connectivity index (χ3v) is 6.76. The molecule has 0 unspecified atom stereocenters. The second-order valence-corrected chi connectivity index (χ2v) is 10.3. The second-order valence-electron chi connectivity index (χ2n) is 9.40. The van der Waals surface area contributed by atoms with Gasteiger partial charge in [-0.1, -0.05) is 26.8 Å². The van der Waals surface area contributed by atoms with Gasteiger partial charge in [0.15, 0.2) is 11.6 Å². The lowest BCUT2D eigenvalue weighted by Crippen LogP contribution is -2.49. The largest absolute Gasteiger partial charge is 0.384 e. The highest BCUT2D eigenvalue weighted by atomic mass is 32.1. The van der Waals surface area contributed by atoms with E-state index in [2.05, 4.69) is 10.6 Å². The molecule has 0 saturated heterocycles. The topological polar surface area (TPSA) is 111 Å². The smallest absolute Gasteiger partial charge is 0.262 e. The Morgan fingerprint density at radius 1 is 1.06 bits per heavy atom. The average molecular weight is 481 g/mol. The average Bonchev–Trinajstić information content (AvgIpc) is 3.27. The van der Waals surface area contributed by atoms with Crippen LogP contribution in [0.15, 0.2) is 17.5 Å². The predicted molar refractivity (Wildman–Crippen MR) is 126 cm³/mol. The van der Waals surface area contributed by atoms with E-state index in [9.17, 15) is 19.2 Å². The highest BCUT2D eigenvalue weighted by molar-refractivity contribution is 7.12. The molecule has 0 aromatic carbocycles. The fourth-order valence-corrected chi connectivity index (χ4v) is 4.31. The molecule has 2 amide bonds. The number of hydrogen-bond acceptors (Lipinski definition) is 7. The Bertz CT molecular complexity index is 819. The highest BCUT2D eigenvalue weighted by Gasteiger charge is 2.48. The molecule has 1 aromatic heterocycles. The number of rotatable bonds is 15. The third-order valence-electron chi connectivity index (χ3n) is 5.89. The molecule has 2 N–H and O–H groups in total. The van der Waals surface area contributed by atoms with Crippen molar-refractivity contribution >= 4 is 34.7 Å². The van der Waals surface area contributed by atoms with Gasteiger partial charge >= 0.3 is 0 Å². The fraction of sp³-hybridized carbons (Fsp3) is 0.667. The molecule has 184 valence electrons. The van der Waals surface area contributed by atoms with Crippen LogP contribution in [-0.2, 0) is 23.9 Å². The summed E-state index contributed by atoms with van der Waals surface area (Å²) in [5.41, 5.74) is -0.366. The molecular formula is C24H36N2O6S. The normalized spacial score (nSPS) is 17.2. The number of amides is 2. The molecule has 2 rings (SSSR count). The van der Waals surface area contributed by atoms with Crippen LogP contribution >= 0.6 is 11.3 Å². The number of carbonyl (C=O) groups is 4. The first kappa shape index (κ1) is 27.1. The van der Waals surface area contributed by atoms with Gasteiger partial charge in [0.25, 0.3) is 5.91 Å². The van der Waals surface area contributed by atoms with Gasteiger partial charge in [0.05, 0.1) is 30.1 Å². The quantitative estimate of drug-likeness (QED) is 0.399. The summed E-state index contributed by atoms with van der Waals surface area (Å²) >= 11 is 1.27. The zero-order valence-corrected chi connectivity index (χ0v) is 21.0. The van der Waals surface area contributed by atoms with E-state index in [4.69, 9.17) is 9.47 Å². The number of ketones is 2. The standard InChI is InChI=1S/C24H36N2O6S/c1-15(2)11-17(21(28)24(3)8-9-24)25-22(29)16(13-31-4)12-19(27)18(14-32-5)26-23(30)20-7-6-10-33-20/h6-7,10,15-18H,8-9,11-14H2,1-5H3,(H,25,29)(H,26,30)/t16-,17-,18-/m0/s1. The van der Waals surface area contributed by atoms with Crippen LogP contribution in [-0.4, -0.2) is 62.9 Å². The Balaban J connectivity index is 2.07. The summed E-state index contributed by atoms with van der Waals surface area (Å²) in [4.78, 5) is 51.9. The third kappa shape index (κ3) is 8.01. The zero-order chi connectivity index (χ0) is 24.6. The van der Waals surface area contributed by atoms with Crippen molar-refractivity contribution in [2.24, 2.45) is 17.3 Å². The van der Waals surface area contributed by atoms with E-state index in [1.807, 2.05) is 20.8 Å². The lowest BCUT2D eigenvalue weighted by molar-refractivity contribution is -0.135. The van der Waals surface area contributed by atoms with Crippen molar-refractivity contribution in [3.63, 3.8) is 0 Å². The number of ether oxygens (including phenoxy) is 2. The summed E-state index contributed by atoms with van der Waals surface area (Å²) in [7, 11) is 2.90. The Labute approximate surface area is 199 Å². The molecule has 0 bridgehead atoms. The van der Waals surface area contributed by atoms with Crippen LogP contribution in [0.5, 0.6) is 0 Å². The minimum absolute atomic E-state index is 0.00984. The molecule has 8 nitrogen and oxygen atoms in total. The van der Waals surface area contributed by atoms with Crippen molar-refractivity contribution < 1.29 is 28.7 Å². The minimum Gasteiger partial charge on any atom is -0.384 e. The van der Waals surface area contributed by atoms with Crippen molar-refractivity contribution in [1.29, 1.82) is 0 Å². The predicted octanol–water partition coefficient (Wildman–Crippen LogP) is 2.61. The first-order valence-corrected chi connectivity index (χ1v) is 12.2. The van der Waals surface area contributed by atoms with Gasteiger partial charge in [0, 0.05) is 26.1 Å². The van der Waals surface area contributed by atoms with Crippen molar-refractivity contribution in [2.75, 3.05) is 27.4 Å². The van der Waals surface area contributed by atoms with Crippen LogP contribution < -0.4 is 10.6 Å². The molecule has 1 aliphatic carbocycles. The van der Waals surface area contributed by atoms with Crippen molar-refractivity contribution in [3.05, 3.63) is 22.4 Å². The Hall–Kier alpha value is -2.10. The second kappa shape index (κ2) is 12.4. The van der Waals surface area contributed by atoms with E-state index in [0.29, 0.717) is 11.3 Å². The summed E-state index contributed by atoms with van der Waals surface area (Å²) in [6.07, 6.45) is 2.06. The number of thiophene rings is 1. The zero-order valence-electron chi connectivity index (χ0n) is 20.1. The molecule has 1 aliphatic rings. The molecule has 9 heteroatoms. The first-order valence-electron chi connectivity index (χ1n) is 11.3. The van der Waals surface area contributed by atoms with Crippen LogP contribution in [0.4, 0.5) is 0 Å². The van der Waals surface area contributed by atoms with Gasteiger partial charge in [0.1, 0.15) is 6.04 Å². The molecule has 0 aliphatic heterocycles. The molecule has 3 atom stereocenters. The van der Waals surface area contributed by atoms with Gasteiger partial charge in [-0.2, -0.15) is 0 Å². The Morgan fingerprint density at radius 3 is 2.24 bits per heavy atom. The SMILES string of the molecule is COC[C@H](CC(=O)[C@H](COC)NC(=O)c1cccs1)C(=O)N[C@@H](CC(C)C)C(=O)C1(C)CC1. The summed E-state index contributed by atoms with van der Waals surface area (Å²) in [5.74, 6) is -1.60. The molecular weight excluding hydrogens is 444 g/mol. The molecule has 1 heterocycles. The van der Waals surface area contributed by atoms with E-state index < -0.39 is 23.9 Å². The molecule has 0 radical (unpaired) electrons. The maximum atomic E-state index is 13.1. The molecule has 1 saturated carbocycles. The highest BCUT2D eigenvalue weighted by Crippen LogP contribution is 2.47. The first-order chi connectivity index (χ1) is 15.6. The number of methoxy groups -OCH3 is 2. The fourth-order valence-electron chi connectivity index (χ4n) is 3.68. The number of carbonyl (C=O) groups excluding carboxylic acids is 4. The summed E-state index contributed by atoms with van der Waals surface area (Å²) in [5, 5.41) is 7.35. The van der Waals surface area contributed by atoms with E-state index in [1.54, 1.807) is 17.5 Å². The number of Topliss-reactive ketones (excluding diaryl/α,β-unsaturated/α-hetero) is 2. The lowest BCUT2D eigenvalue weighted by Gasteiger charge is -2.25. The van der Waals surface area contributed by atoms with Crippen LogP contribution in [0.1, 0.15) is 56.1 Å². The number of nitrogens with one attached hydrogen (secondary N) is 2. The monoisotopic (exact) mass is 480 g/mol. The summed E-state index contributed by atoms with van der Waals surface area (Å²) in [6, 6.07) is 1.94. The van der Waals surface area contributed by atoms with Crippen LogP contribution in [0.3, 0.4) is 0 Å². The Kier molecular flexibility index (Phi) is 10.2. The molecule has 0 spiro atoms. The van der Waals surface area contributed by atoms with Gasteiger partial charge in [-0.3, -0.25) is 19.2 Å². The molecule has 1 aromatic rings. The van der Waals surface area contributed by atoms with Crippen molar-refractivity contribution in [1.82, 2.24) is 10.6 Å². The van der Waals surface area contributed by atoms with Crippen molar-refractivity contribution in [3.8, 4) is 0 Å². The summed E-state index contributed by atoms with van der Waals surface area (Å²) in [6.45, 7) is 5.95. The van der Waals surface area contributed by atoms with E-state index in [0.717, 1.165) is 12.8 Å². The van der Waals surface area contributed by atoms with E-state index in [-0.39, 0.29) is 48.4 Å². The van der Waals surface area contributed by atoms with Crippen LogP contribution in [0.2, 0.25) is 0 Å². The van der Waals surface area contributed by atoms with Crippen LogP contribution in [0, 0.1) is 17.3 Å². The maximum absolute atomic E-state index is 13.1. The van der Waals surface area contributed by atoms with Gasteiger partial charge < -0.3 is 20.1 Å². The molecule has 33 heavy (non-hydrogen) atoms. The Morgan fingerprint density at radius 2 is 1.73 bits per heavy atom. The number of hydrogen-bond donors (Lipinski definition) is 2. The van der Waals surface area contributed by atoms with Crippen molar-refractivity contribution in [2.45, 2.75) is 58.5 Å². The van der Waals surface area contributed by atoms with E-state index in [1.165, 1.54) is 25.6 Å². The summed E-state index contributed by atoms with van der Waals surface area (Å²) < 4.78 is 10.3. The minimum atomic E-state index is -0.893. The lowest BCUT2D eigenvalue weighted by atomic mass is 9.90. The van der Waals surface area contributed by atoms with Gasteiger partial charge in [0.2, 0.25) is 5.91 Å². The van der Waals surface area contributed by atoms with Gasteiger partial charge in [-0.15, -0.1) is 11.3 Å². The van der Waals surface area contributed by atoms with Gasteiger partial charge in [-0.05, 0) is 36.6 Å². The maximum Gasteiger partial charge on any atom is 0.262 e.